The summed E-state index contributed by atoms with van der Waals surface area (Å²) in [5, 5.41) is 6.93. The molecule has 2 unspecified atom stereocenters. The predicted octanol–water partition coefficient (Wildman–Crippen LogP) is 1.34. The van der Waals surface area contributed by atoms with Gasteiger partial charge in [-0.25, -0.2) is 0 Å². The van der Waals surface area contributed by atoms with Gasteiger partial charge < -0.3 is 16.4 Å². The molecule has 4 nitrogen and oxygen atoms in total. The average molecular weight is 233 g/mol. The van der Waals surface area contributed by atoms with Crippen molar-refractivity contribution >= 4 is 11.6 Å². The van der Waals surface area contributed by atoms with Crippen LogP contribution >= 0.6 is 0 Å². The van der Waals surface area contributed by atoms with Crippen LogP contribution in [-0.2, 0) is 0 Å². The van der Waals surface area contributed by atoms with Crippen LogP contribution in [0, 0.1) is 0 Å². The number of carbonyl (C=O) groups is 1. The second kappa shape index (κ2) is 5.19. The fraction of sp³-hybridized carbons (Fsp3) is 0.462. The molecule has 1 amide bonds. The fourth-order valence-corrected chi connectivity index (χ4v) is 2.19. The maximum Gasteiger partial charge on any atom is 0.248 e. The molecule has 0 aliphatic carbocycles. The number of carbonyl (C=O) groups excluding carboxylic acids is 1. The number of piperidine rings is 1. The molecule has 0 saturated carbocycles. The molecule has 92 valence electrons. The Kier molecular flexibility index (Phi) is 3.64. The third kappa shape index (κ3) is 2.97. The molecule has 1 aliphatic heterocycles. The van der Waals surface area contributed by atoms with Gasteiger partial charge in [0.15, 0.2) is 0 Å². The first-order valence-electron chi connectivity index (χ1n) is 6.06. The van der Waals surface area contributed by atoms with Crippen molar-refractivity contribution in [2.75, 3.05) is 11.9 Å². The van der Waals surface area contributed by atoms with Gasteiger partial charge in [0, 0.05) is 23.3 Å². The number of nitrogens with one attached hydrogen (secondary N) is 2. The number of primary amides is 1. The van der Waals surface area contributed by atoms with Crippen LogP contribution in [0.25, 0.3) is 0 Å². The van der Waals surface area contributed by atoms with Crippen LogP contribution in [0.5, 0.6) is 0 Å². The molecule has 1 heterocycles. The molecule has 1 aromatic carbocycles. The molecule has 0 aromatic heterocycles. The zero-order chi connectivity index (χ0) is 12.3. The highest BCUT2D eigenvalue weighted by molar-refractivity contribution is 5.93. The normalized spacial score (nSPS) is 24.3. The van der Waals surface area contributed by atoms with Crippen LogP contribution < -0.4 is 16.4 Å². The molecule has 4 N–H and O–H groups in total. The van der Waals surface area contributed by atoms with Crippen LogP contribution in [0.15, 0.2) is 24.3 Å². The van der Waals surface area contributed by atoms with Gasteiger partial charge in [-0.3, -0.25) is 4.79 Å². The molecule has 0 radical (unpaired) electrons. The minimum absolute atomic E-state index is 0.385. The van der Waals surface area contributed by atoms with Gasteiger partial charge in [-0.1, -0.05) is 0 Å². The van der Waals surface area contributed by atoms with Crippen LogP contribution in [0.1, 0.15) is 30.1 Å². The minimum Gasteiger partial charge on any atom is -0.381 e. The second-order valence-corrected chi connectivity index (χ2v) is 4.58. The predicted molar refractivity (Wildman–Crippen MR) is 69.1 cm³/mol. The summed E-state index contributed by atoms with van der Waals surface area (Å²) in [6.45, 7) is 3.29. The Morgan fingerprint density at radius 2 is 2.12 bits per heavy atom. The van der Waals surface area contributed by atoms with E-state index in [4.69, 9.17) is 5.73 Å². The van der Waals surface area contributed by atoms with Gasteiger partial charge in [-0.05, 0) is 50.6 Å². The number of anilines is 1. The maximum absolute atomic E-state index is 10.9. The number of rotatable bonds is 3. The summed E-state index contributed by atoms with van der Waals surface area (Å²) in [6, 6.07) is 8.24. The number of nitrogens with two attached hydrogens (primary N) is 1. The molecule has 2 rings (SSSR count). The first-order chi connectivity index (χ1) is 8.16. The van der Waals surface area contributed by atoms with E-state index in [9.17, 15) is 4.79 Å². The first-order valence-corrected chi connectivity index (χ1v) is 6.06. The van der Waals surface area contributed by atoms with Crippen LogP contribution in [0.4, 0.5) is 5.69 Å². The van der Waals surface area contributed by atoms with Gasteiger partial charge >= 0.3 is 0 Å². The van der Waals surface area contributed by atoms with Crippen molar-refractivity contribution in [3.8, 4) is 0 Å². The van der Waals surface area contributed by atoms with Crippen molar-refractivity contribution in [1.82, 2.24) is 5.32 Å². The molecule has 1 saturated heterocycles. The van der Waals surface area contributed by atoms with Crippen molar-refractivity contribution in [1.29, 1.82) is 0 Å². The van der Waals surface area contributed by atoms with Crippen molar-refractivity contribution in [3.63, 3.8) is 0 Å². The largest absolute Gasteiger partial charge is 0.381 e. The molecule has 2 atom stereocenters. The van der Waals surface area contributed by atoms with E-state index in [1.807, 2.05) is 12.1 Å². The van der Waals surface area contributed by atoms with Gasteiger partial charge in [0.2, 0.25) is 5.91 Å². The van der Waals surface area contributed by atoms with Gasteiger partial charge in [-0.2, -0.15) is 0 Å². The summed E-state index contributed by atoms with van der Waals surface area (Å²) in [4.78, 5) is 10.9. The highest BCUT2D eigenvalue weighted by atomic mass is 16.1. The first kappa shape index (κ1) is 11.9. The number of hydrogen-bond donors (Lipinski definition) is 3. The second-order valence-electron chi connectivity index (χ2n) is 4.58. The summed E-state index contributed by atoms with van der Waals surface area (Å²) >= 11 is 0. The summed E-state index contributed by atoms with van der Waals surface area (Å²) in [7, 11) is 0. The molecular formula is C13H19N3O. The smallest absolute Gasteiger partial charge is 0.248 e. The van der Waals surface area contributed by atoms with Crippen LogP contribution in [0.2, 0.25) is 0 Å². The molecule has 1 fully saturated rings. The third-order valence-electron chi connectivity index (χ3n) is 3.28. The van der Waals surface area contributed by atoms with E-state index >= 15 is 0 Å². The summed E-state index contributed by atoms with van der Waals surface area (Å²) in [6.07, 6.45) is 2.37. The maximum atomic E-state index is 10.9. The van der Waals surface area contributed by atoms with E-state index in [2.05, 4.69) is 17.6 Å². The zero-order valence-electron chi connectivity index (χ0n) is 10.1. The molecule has 17 heavy (non-hydrogen) atoms. The van der Waals surface area contributed by atoms with E-state index in [-0.39, 0.29) is 5.91 Å². The Bertz CT molecular complexity index is 388. The van der Waals surface area contributed by atoms with E-state index in [0.29, 0.717) is 17.6 Å². The summed E-state index contributed by atoms with van der Waals surface area (Å²) in [5.41, 5.74) is 6.78. The number of hydrogen-bond acceptors (Lipinski definition) is 3. The van der Waals surface area contributed by atoms with Gasteiger partial charge in [0.25, 0.3) is 0 Å². The Balaban J connectivity index is 2.00. The SMILES string of the molecule is CC1NCCCC1Nc1ccc(C(N)=O)cc1. The Morgan fingerprint density at radius 1 is 1.41 bits per heavy atom. The standard InChI is InChI=1S/C13H19N3O/c1-9-12(3-2-8-15-9)16-11-6-4-10(5-7-11)13(14)17/h4-7,9,12,15-16H,2-3,8H2,1H3,(H2,14,17). The molecule has 0 bridgehead atoms. The summed E-state index contributed by atoms with van der Waals surface area (Å²) in [5.74, 6) is -0.385. The van der Waals surface area contributed by atoms with Crippen molar-refractivity contribution in [3.05, 3.63) is 29.8 Å². The van der Waals surface area contributed by atoms with Gasteiger partial charge in [-0.15, -0.1) is 0 Å². The van der Waals surface area contributed by atoms with E-state index in [0.717, 1.165) is 12.2 Å². The topological polar surface area (TPSA) is 67.2 Å². The van der Waals surface area contributed by atoms with Crippen molar-refractivity contribution in [2.24, 2.45) is 5.73 Å². The van der Waals surface area contributed by atoms with E-state index in [1.54, 1.807) is 12.1 Å². The zero-order valence-corrected chi connectivity index (χ0v) is 10.1. The molecule has 1 aliphatic rings. The lowest BCUT2D eigenvalue weighted by molar-refractivity contribution is 0.100. The number of amides is 1. The highest BCUT2D eigenvalue weighted by Crippen LogP contribution is 2.16. The lowest BCUT2D eigenvalue weighted by Gasteiger charge is -2.31. The molecule has 4 heteroatoms. The molecule has 0 spiro atoms. The summed E-state index contributed by atoms with van der Waals surface area (Å²) < 4.78 is 0. The molecule has 1 aromatic rings. The van der Waals surface area contributed by atoms with Crippen molar-refractivity contribution in [2.45, 2.75) is 31.8 Å². The average Bonchev–Trinajstić information content (AvgIpc) is 2.33. The Hall–Kier alpha value is -1.55. The van der Waals surface area contributed by atoms with Crippen LogP contribution in [0.3, 0.4) is 0 Å². The van der Waals surface area contributed by atoms with Gasteiger partial charge in [0.1, 0.15) is 0 Å². The quantitative estimate of drug-likeness (QED) is 0.738. The Labute approximate surface area is 102 Å². The van der Waals surface area contributed by atoms with E-state index in [1.165, 1.54) is 12.8 Å². The van der Waals surface area contributed by atoms with Crippen molar-refractivity contribution < 1.29 is 4.79 Å². The monoisotopic (exact) mass is 233 g/mol. The van der Waals surface area contributed by atoms with Gasteiger partial charge in [0.05, 0.1) is 0 Å². The highest BCUT2D eigenvalue weighted by Gasteiger charge is 2.20. The number of benzene rings is 1. The van der Waals surface area contributed by atoms with Crippen LogP contribution in [-0.4, -0.2) is 24.5 Å². The molecular weight excluding hydrogens is 214 g/mol. The lowest BCUT2D eigenvalue weighted by Crippen LogP contribution is -2.46. The Morgan fingerprint density at radius 3 is 2.71 bits per heavy atom. The lowest BCUT2D eigenvalue weighted by atomic mass is 9.99. The minimum atomic E-state index is -0.385. The fourth-order valence-electron chi connectivity index (χ4n) is 2.19. The van der Waals surface area contributed by atoms with E-state index < -0.39 is 0 Å². The third-order valence-corrected chi connectivity index (χ3v) is 3.28.